The van der Waals surface area contributed by atoms with Gasteiger partial charge < -0.3 is 15.5 Å². The van der Waals surface area contributed by atoms with Crippen LogP contribution in [0.2, 0.25) is 0 Å². The normalized spacial score (nSPS) is 10.6. The van der Waals surface area contributed by atoms with E-state index in [-0.39, 0.29) is 0 Å². The maximum Gasteiger partial charge on any atom is 0.244 e. The number of hydrogen-bond donors (Lipinski definition) is 2. The average molecular weight is 272 g/mol. The summed E-state index contributed by atoms with van der Waals surface area (Å²) < 4.78 is 0. The molecule has 0 atom stereocenters. The number of nitrogens with one attached hydrogen (secondary N) is 2. The van der Waals surface area contributed by atoms with E-state index < -0.39 is 0 Å². The highest BCUT2D eigenvalue weighted by Gasteiger charge is 2.01. The van der Waals surface area contributed by atoms with Crippen LogP contribution < -0.4 is 10.6 Å². The van der Waals surface area contributed by atoms with Gasteiger partial charge in [0.1, 0.15) is 0 Å². The summed E-state index contributed by atoms with van der Waals surface area (Å²) >= 11 is 0. The lowest BCUT2D eigenvalue weighted by Gasteiger charge is -2.11. The Morgan fingerprint density at radius 1 is 1.25 bits per heavy atom. The molecule has 106 valence electrons. The van der Waals surface area contributed by atoms with Gasteiger partial charge in [-0.05, 0) is 38.7 Å². The van der Waals surface area contributed by atoms with Gasteiger partial charge in [0.25, 0.3) is 0 Å². The monoisotopic (exact) mass is 272 g/mol. The minimum absolute atomic E-state index is 0.532. The van der Waals surface area contributed by atoms with Gasteiger partial charge in [-0.3, -0.25) is 0 Å². The summed E-state index contributed by atoms with van der Waals surface area (Å²) in [6.07, 6.45) is 1.61. The van der Waals surface area contributed by atoms with E-state index >= 15 is 0 Å². The van der Waals surface area contributed by atoms with Gasteiger partial charge in [-0.25, -0.2) is 0 Å². The van der Waals surface area contributed by atoms with Gasteiger partial charge in [-0.15, -0.1) is 5.10 Å². The summed E-state index contributed by atoms with van der Waals surface area (Å²) in [5.74, 6) is 1.21. The van der Waals surface area contributed by atoms with E-state index in [0.29, 0.717) is 11.8 Å². The zero-order valence-corrected chi connectivity index (χ0v) is 12.1. The van der Waals surface area contributed by atoms with Crippen molar-refractivity contribution in [3.63, 3.8) is 0 Å². The Morgan fingerprint density at radius 2 is 2.10 bits per heavy atom. The van der Waals surface area contributed by atoms with Crippen molar-refractivity contribution in [1.29, 1.82) is 0 Å². The van der Waals surface area contributed by atoms with Gasteiger partial charge in [0, 0.05) is 18.8 Å². The standard InChI is InChI=1S/C14H20N6/c1-11-5-4-6-12(9-11)17-13-10-16-19-14(18-13)15-7-8-20(2)3/h4-6,9-10H,7-8H2,1-3H3,(H2,15,17,18,19). The molecule has 2 rings (SSSR count). The maximum absolute atomic E-state index is 4.38. The molecule has 0 spiro atoms. The van der Waals surface area contributed by atoms with Crippen molar-refractivity contribution in [2.75, 3.05) is 37.8 Å². The molecule has 0 saturated heterocycles. The summed E-state index contributed by atoms with van der Waals surface area (Å²) in [5, 5.41) is 14.3. The van der Waals surface area contributed by atoms with E-state index in [9.17, 15) is 0 Å². The second-order valence-corrected chi connectivity index (χ2v) is 4.89. The SMILES string of the molecule is Cc1cccc(Nc2cnnc(NCCN(C)C)n2)c1. The number of rotatable bonds is 6. The first kappa shape index (κ1) is 14.2. The smallest absolute Gasteiger partial charge is 0.244 e. The van der Waals surface area contributed by atoms with Crippen LogP contribution in [0.1, 0.15) is 5.56 Å². The van der Waals surface area contributed by atoms with E-state index in [0.717, 1.165) is 18.8 Å². The van der Waals surface area contributed by atoms with Crippen LogP contribution in [0.25, 0.3) is 0 Å². The molecule has 0 radical (unpaired) electrons. The summed E-state index contributed by atoms with van der Waals surface area (Å²) in [6.45, 7) is 3.75. The molecule has 6 heteroatoms. The third-order valence-corrected chi connectivity index (χ3v) is 2.69. The summed E-state index contributed by atoms with van der Waals surface area (Å²) in [4.78, 5) is 6.47. The van der Waals surface area contributed by atoms with Crippen LogP contribution in [0, 0.1) is 6.92 Å². The Hall–Kier alpha value is -2.21. The molecule has 0 bridgehead atoms. The van der Waals surface area contributed by atoms with Gasteiger partial charge in [-0.2, -0.15) is 10.1 Å². The molecule has 0 saturated carbocycles. The van der Waals surface area contributed by atoms with Gasteiger partial charge in [0.15, 0.2) is 5.82 Å². The highest BCUT2D eigenvalue weighted by molar-refractivity contribution is 5.56. The minimum atomic E-state index is 0.532. The molecule has 0 unspecified atom stereocenters. The van der Waals surface area contributed by atoms with E-state index in [1.165, 1.54) is 5.56 Å². The molecule has 1 aromatic carbocycles. The first-order valence-electron chi connectivity index (χ1n) is 6.55. The van der Waals surface area contributed by atoms with Crippen molar-refractivity contribution < 1.29 is 0 Å². The Balaban J connectivity index is 1.99. The number of benzene rings is 1. The second kappa shape index (κ2) is 6.81. The minimum Gasteiger partial charge on any atom is -0.352 e. The van der Waals surface area contributed by atoms with E-state index in [2.05, 4.69) is 49.8 Å². The van der Waals surface area contributed by atoms with Crippen LogP contribution in [-0.2, 0) is 0 Å². The van der Waals surface area contributed by atoms with Crippen LogP contribution in [-0.4, -0.2) is 47.3 Å². The first-order valence-corrected chi connectivity index (χ1v) is 6.55. The van der Waals surface area contributed by atoms with Crippen LogP contribution in [0.4, 0.5) is 17.5 Å². The van der Waals surface area contributed by atoms with Gasteiger partial charge in [0.2, 0.25) is 5.95 Å². The molecule has 0 aliphatic rings. The Labute approximate surface area is 119 Å². The summed E-state index contributed by atoms with van der Waals surface area (Å²) in [6, 6.07) is 8.11. The molecule has 2 N–H and O–H groups in total. The van der Waals surface area contributed by atoms with Crippen LogP contribution in [0.3, 0.4) is 0 Å². The van der Waals surface area contributed by atoms with Crippen molar-refractivity contribution in [1.82, 2.24) is 20.1 Å². The topological polar surface area (TPSA) is 66.0 Å². The molecule has 6 nitrogen and oxygen atoms in total. The summed E-state index contributed by atoms with van der Waals surface area (Å²) in [5.41, 5.74) is 2.19. The van der Waals surface area contributed by atoms with Crippen LogP contribution >= 0.6 is 0 Å². The molecular weight excluding hydrogens is 252 g/mol. The fourth-order valence-corrected chi connectivity index (χ4v) is 1.70. The number of nitrogens with zero attached hydrogens (tertiary/aromatic N) is 4. The van der Waals surface area contributed by atoms with Crippen LogP contribution in [0.15, 0.2) is 30.5 Å². The quantitative estimate of drug-likeness (QED) is 0.837. The molecule has 0 aliphatic heterocycles. The number of likely N-dealkylation sites (N-methyl/N-ethyl adjacent to an activating group) is 1. The van der Waals surface area contributed by atoms with E-state index in [4.69, 9.17) is 0 Å². The molecule has 0 fully saturated rings. The molecule has 0 amide bonds. The molecule has 20 heavy (non-hydrogen) atoms. The third kappa shape index (κ3) is 4.47. The predicted octanol–water partition coefficient (Wildman–Crippen LogP) is 1.90. The largest absolute Gasteiger partial charge is 0.352 e. The fraction of sp³-hybridized carbons (Fsp3) is 0.357. The van der Waals surface area contributed by atoms with Crippen molar-refractivity contribution in [2.45, 2.75) is 6.92 Å². The Morgan fingerprint density at radius 3 is 2.85 bits per heavy atom. The zero-order valence-electron chi connectivity index (χ0n) is 12.1. The molecular formula is C14H20N6. The number of hydrogen-bond acceptors (Lipinski definition) is 6. The Bertz CT molecular complexity index is 555. The van der Waals surface area contributed by atoms with Gasteiger partial charge in [-0.1, -0.05) is 12.1 Å². The number of aromatic nitrogens is 3. The molecule has 1 aromatic heterocycles. The highest BCUT2D eigenvalue weighted by atomic mass is 15.3. The second-order valence-electron chi connectivity index (χ2n) is 4.89. The third-order valence-electron chi connectivity index (χ3n) is 2.69. The molecule has 1 heterocycles. The van der Waals surface area contributed by atoms with Gasteiger partial charge >= 0.3 is 0 Å². The van der Waals surface area contributed by atoms with Crippen molar-refractivity contribution in [3.05, 3.63) is 36.0 Å². The average Bonchev–Trinajstić information content (AvgIpc) is 2.39. The molecule has 0 aliphatic carbocycles. The zero-order chi connectivity index (χ0) is 14.4. The van der Waals surface area contributed by atoms with Crippen molar-refractivity contribution in [3.8, 4) is 0 Å². The highest BCUT2D eigenvalue weighted by Crippen LogP contribution is 2.15. The number of anilines is 3. The van der Waals surface area contributed by atoms with E-state index in [1.54, 1.807) is 6.20 Å². The summed E-state index contributed by atoms with van der Waals surface area (Å²) in [7, 11) is 4.05. The van der Waals surface area contributed by atoms with Crippen molar-refractivity contribution in [2.24, 2.45) is 0 Å². The lowest BCUT2D eigenvalue weighted by atomic mass is 10.2. The first-order chi connectivity index (χ1) is 9.63. The number of aryl methyl sites for hydroxylation is 1. The Kier molecular flexibility index (Phi) is 4.84. The van der Waals surface area contributed by atoms with Crippen LogP contribution in [0.5, 0.6) is 0 Å². The molecule has 2 aromatic rings. The fourth-order valence-electron chi connectivity index (χ4n) is 1.70. The van der Waals surface area contributed by atoms with E-state index in [1.807, 2.05) is 26.2 Å². The lowest BCUT2D eigenvalue weighted by Crippen LogP contribution is -2.21. The predicted molar refractivity (Wildman–Crippen MR) is 81.3 cm³/mol. The lowest BCUT2D eigenvalue weighted by molar-refractivity contribution is 0.425. The maximum atomic E-state index is 4.38. The van der Waals surface area contributed by atoms with Crippen molar-refractivity contribution >= 4 is 17.5 Å². The van der Waals surface area contributed by atoms with Gasteiger partial charge in [0.05, 0.1) is 6.20 Å².